The first-order valence-electron chi connectivity index (χ1n) is 12.4. The smallest absolute Gasteiger partial charge is 0.335 e. The first-order valence-corrected chi connectivity index (χ1v) is 12.4. The van der Waals surface area contributed by atoms with Gasteiger partial charge in [0.2, 0.25) is 0 Å². The number of anilines is 1. The normalized spacial score (nSPS) is 14.5. The van der Waals surface area contributed by atoms with Crippen LogP contribution in [0.3, 0.4) is 0 Å². The fourth-order valence-corrected chi connectivity index (χ4v) is 4.37. The zero-order chi connectivity index (χ0) is 27.4. The highest BCUT2D eigenvalue weighted by molar-refractivity contribution is 6.39. The summed E-state index contributed by atoms with van der Waals surface area (Å²) in [6.07, 6.45) is 1.42. The molecule has 0 atom stereocenters. The maximum absolute atomic E-state index is 13.4. The monoisotopic (exact) mass is 522 g/mol. The van der Waals surface area contributed by atoms with Crippen LogP contribution >= 0.6 is 0 Å². The van der Waals surface area contributed by atoms with Crippen molar-refractivity contribution in [1.29, 1.82) is 0 Å². The number of carbonyl (C=O) groups is 3. The molecule has 4 amide bonds. The Kier molecular flexibility index (Phi) is 7.27. The van der Waals surface area contributed by atoms with Crippen molar-refractivity contribution in [2.45, 2.75) is 13.5 Å². The molecule has 196 valence electrons. The van der Waals surface area contributed by atoms with Crippen molar-refractivity contribution in [3.8, 4) is 17.2 Å². The van der Waals surface area contributed by atoms with Gasteiger partial charge in [0.05, 0.1) is 19.4 Å². The first kappa shape index (κ1) is 25.5. The van der Waals surface area contributed by atoms with Gasteiger partial charge in [-0.25, -0.2) is 9.69 Å². The van der Waals surface area contributed by atoms with Gasteiger partial charge in [-0.3, -0.25) is 14.9 Å². The molecule has 4 aromatic carbocycles. The third-order valence-electron chi connectivity index (χ3n) is 6.29. The first-order chi connectivity index (χ1) is 19.0. The maximum atomic E-state index is 13.4. The van der Waals surface area contributed by atoms with E-state index in [1.807, 2.05) is 49.4 Å². The van der Waals surface area contributed by atoms with E-state index in [0.29, 0.717) is 35.1 Å². The second-order valence-corrected chi connectivity index (χ2v) is 8.72. The van der Waals surface area contributed by atoms with Crippen molar-refractivity contribution < 1.29 is 28.6 Å². The summed E-state index contributed by atoms with van der Waals surface area (Å²) in [6, 6.07) is 24.7. The van der Waals surface area contributed by atoms with Crippen molar-refractivity contribution in [3.63, 3.8) is 0 Å². The van der Waals surface area contributed by atoms with Gasteiger partial charge in [-0.05, 0) is 65.7 Å². The average molecular weight is 523 g/mol. The number of ether oxygens (including phenoxy) is 3. The summed E-state index contributed by atoms with van der Waals surface area (Å²) in [5, 5.41) is 4.41. The van der Waals surface area contributed by atoms with E-state index in [-0.39, 0.29) is 12.2 Å². The lowest BCUT2D eigenvalue weighted by molar-refractivity contribution is -0.122. The highest BCUT2D eigenvalue weighted by atomic mass is 16.5. The van der Waals surface area contributed by atoms with Crippen LogP contribution in [-0.4, -0.2) is 31.6 Å². The number of imide groups is 2. The van der Waals surface area contributed by atoms with E-state index in [1.165, 1.54) is 6.08 Å². The molecule has 0 spiro atoms. The zero-order valence-electron chi connectivity index (χ0n) is 21.5. The molecule has 5 rings (SSSR count). The molecule has 4 aromatic rings. The van der Waals surface area contributed by atoms with E-state index >= 15 is 0 Å². The Morgan fingerprint density at radius 1 is 0.846 bits per heavy atom. The predicted octanol–water partition coefficient (Wildman–Crippen LogP) is 5.49. The van der Waals surface area contributed by atoms with Gasteiger partial charge < -0.3 is 14.2 Å². The Labute approximate surface area is 225 Å². The fraction of sp³-hybridized carbons (Fsp3) is 0.129. The molecule has 1 aliphatic heterocycles. The quantitative estimate of drug-likeness (QED) is 0.243. The number of nitrogens with zero attached hydrogens (tertiary/aromatic N) is 1. The van der Waals surface area contributed by atoms with Crippen LogP contribution in [0.4, 0.5) is 10.5 Å². The molecule has 0 aromatic heterocycles. The van der Waals surface area contributed by atoms with Gasteiger partial charge in [-0.15, -0.1) is 0 Å². The SMILES string of the molecule is CCOc1ccc(N2C(=O)NC(=O)/C(=C\c3ccc(OC)cc3OCc3cccc4ccccc34)C2=O)cc1. The topological polar surface area (TPSA) is 94.2 Å². The summed E-state index contributed by atoms with van der Waals surface area (Å²) in [5.74, 6) is 0.0338. The lowest BCUT2D eigenvalue weighted by Crippen LogP contribution is -2.54. The highest BCUT2D eigenvalue weighted by Gasteiger charge is 2.37. The largest absolute Gasteiger partial charge is 0.497 e. The molecule has 0 bridgehead atoms. The zero-order valence-corrected chi connectivity index (χ0v) is 21.5. The fourth-order valence-electron chi connectivity index (χ4n) is 4.37. The molecule has 1 N–H and O–H groups in total. The van der Waals surface area contributed by atoms with E-state index in [4.69, 9.17) is 14.2 Å². The molecular weight excluding hydrogens is 496 g/mol. The number of fused-ring (bicyclic) bond motifs is 1. The van der Waals surface area contributed by atoms with Crippen LogP contribution in [-0.2, 0) is 16.2 Å². The second kappa shape index (κ2) is 11.1. The summed E-state index contributed by atoms with van der Waals surface area (Å²) < 4.78 is 17.0. The number of nitrogens with one attached hydrogen (secondary N) is 1. The number of carbonyl (C=O) groups excluding carboxylic acids is 3. The molecule has 1 saturated heterocycles. The van der Waals surface area contributed by atoms with Crippen LogP contribution in [0.2, 0.25) is 0 Å². The lowest BCUT2D eigenvalue weighted by atomic mass is 10.0. The Hall–Kier alpha value is -5.11. The van der Waals surface area contributed by atoms with Crippen LogP contribution in [0.25, 0.3) is 16.8 Å². The minimum atomic E-state index is -0.825. The number of urea groups is 1. The lowest BCUT2D eigenvalue weighted by Gasteiger charge is -2.26. The van der Waals surface area contributed by atoms with Gasteiger partial charge in [-0.2, -0.15) is 0 Å². The number of methoxy groups -OCH3 is 1. The van der Waals surface area contributed by atoms with Crippen molar-refractivity contribution >= 4 is 40.4 Å². The molecule has 0 aliphatic carbocycles. The molecule has 1 aliphatic rings. The van der Waals surface area contributed by atoms with E-state index in [1.54, 1.807) is 49.6 Å². The Bertz CT molecular complexity index is 1590. The Balaban J connectivity index is 1.47. The average Bonchev–Trinajstić information content (AvgIpc) is 2.95. The number of amides is 4. The van der Waals surface area contributed by atoms with Gasteiger partial charge in [0, 0.05) is 11.6 Å². The Morgan fingerprint density at radius 3 is 2.36 bits per heavy atom. The molecule has 8 nitrogen and oxygen atoms in total. The number of benzene rings is 4. The minimum Gasteiger partial charge on any atom is -0.497 e. The van der Waals surface area contributed by atoms with E-state index in [2.05, 4.69) is 5.32 Å². The number of hydrogen-bond donors (Lipinski definition) is 1. The standard InChI is InChI=1S/C31H26N2O6/c1-3-38-24-15-12-23(13-16-24)33-30(35)27(29(34)32-31(33)36)17-21-11-14-25(37-2)18-28(21)39-19-22-9-6-8-20-7-4-5-10-26(20)22/h4-18H,3,19H2,1-2H3,(H,32,34,36)/b27-17+. The molecule has 1 heterocycles. The van der Waals surface area contributed by atoms with Crippen LogP contribution in [0.1, 0.15) is 18.1 Å². The Morgan fingerprint density at radius 2 is 1.59 bits per heavy atom. The van der Waals surface area contributed by atoms with E-state index in [9.17, 15) is 14.4 Å². The van der Waals surface area contributed by atoms with Crippen LogP contribution < -0.4 is 24.4 Å². The maximum Gasteiger partial charge on any atom is 0.335 e. The van der Waals surface area contributed by atoms with Gasteiger partial charge in [-0.1, -0.05) is 42.5 Å². The molecule has 0 saturated carbocycles. The highest BCUT2D eigenvalue weighted by Crippen LogP contribution is 2.31. The number of barbiturate groups is 1. The second-order valence-electron chi connectivity index (χ2n) is 8.72. The molecule has 0 unspecified atom stereocenters. The predicted molar refractivity (Wildman–Crippen MR) is 148 cm³/mol. The number of hydrogen-bond acceptors (Lipinski definition) is 6. The third kappa shape index (κ3) is 5.31. The summed E-state index contributed by atoms with van der Waals surface area (Å²) in [6.45, 7) is 2.59. The van der Waals surface area contributed by atoms with Gasteiger partial charge in [0.1, 0.15) is 29.4 Å². The molecule has 0 radical (unpaired) electrons. The van der Waals surface area contributed by atoms with Crippen LogP contribution in [0, 0.1) is 0 Å². The number of rotatable bonds is 8. The summed E-state index contributed by atoms with van der Waals surface area (Å²) in [4.78, 5) is 39.7. The van der Waals surface area contributed by atoms with E-state index in [0.717, 1.165) is 21.2 Å². The molecule has 39 heavy (non-hydrogen) atoms. The molecule has 1 fully saturated rings. The van der Waals surface area contributed by atoms with Gasteiger partial charge in [0.15, 0.2) is 0 Å². The van der Waals surface area contributed by atoms with E-state index < -0.39 is 17.8 Å². The van der Waals surface area contributed by atoms with Crippen LogP contribution in [0.15, 0.2) is 90.5 Å². The van der Waals surface area contributed by atoms with Crippen molar-refractivity contribution in [2.24, 2.45) is 0 Å². The van der Waals surface area contributed by atoms with Crippen molar-refractivity contribution in [2.75, 3.05) is 18.6 Å². The van der Waals surface area contributed by atoms with Crippen LogP contribution in [0.5, 0.6) is 17.2 Å². The molecular formula is C31H26N2O6. The summed E-state index contributed by atoms with van der Waals surface area (Å²) in [7, 11) is 1.54. The summed E-state index contributed by atoms with van der Waals surface area (Å²) >= 11 is 0. The third-order valence-corrected chi connectivity index (χ3v) is 6.29. The van der Waals surface area contributed by atoms with Crippen molar-refractivity contribution in [1.82, 2.24) is 5.32 Å². The van der Waals surface area contributed by atoms with Crippen molar-refractivity contribution in [3.05, 3.63) is 102 Å². The van der Waals surface area contributed by atoms with Gasteiger partial charge >= 0.3 is 6.03 Å². The minimum absolute atomic E-state index is 0.205. The molecule has 8 heteroatoms. The van der Waals surface area contributed by atoms with Gasteiger partial charge in [0.25, 0.3) is 11.8 Å². The summed E-state index contributed by atoms with van der Waals surface area (Å²) in [5.41, 5.74) is 1.56.